The molecule has 2 saturated heterocycles. The molecule has 0 amide bonds. The second-order valence-electron chi connectivity index (χ2n) is 5.40. The van der Waals surface area contributed by atoms with Gasteiger partial charge in [-0.25, -0.2) is 0 Å². The normalized spacial score (nSPS) is 40.0. The van der Waals surface area contributed by atoms with Crippen molar-refractivity contribution in [2.45, 2.75) is 36.7 Å². The zero-order valence-corrected chi connectivity index (χ0v) is 12.8. The highest BCUT2D eigenvalue weighted by Gasteiger charge is 2.58. The number of methoxy groups -OCH3 is 2. The van der Waals surface area contributed by atoms with E-state index in [0.717, 1.165) is 0 Å². The third-order valence-corrected chi connectivity index (χ3v) is 4.10. The smallest absolute Gasteiger partial charge is 0.314 e. The van der Waals surface area contributed by atoms with Crippen molar-refractivity contribution in [3.8, 4) is 5.75 Å². The topological polar surface area (TPSA) is 107 Å². The summed E-state index contributed by atoms with van der Waals surface area (Å²) in [7, 11) is 2.95. The predicted octanol–water partition coefficient (Wildman–Crippen LogP) is -0.694. The van der Waals surface area contributed by atoms with E-state index in [-0.39, 0.29) is 0 Å². The predicted molar refractivity (Wildman–Crippen MR) is 75.4 cm³/mol. The fourth-order valence-electron chi connectivity index (χ4n) is 2.78. The van der Waals surface area contributed by atoms with Gasteiger partial charge in [0.25, 0.3) is 0 Å². The number of rotatable bonds is 4. The quantitative estimate of drug-likeness (QED) is 0.666. The number of benzene rings is 1. The van der Waals surface area contributed by atoms with Crippen molar-refractivity contribution < 1.29 is 39.0 Å². The van der Waals surface area contributed by atoms with Crippen LogP contribution in [0.1, 0.15) is 5.56 Å². The van der Waals surface area contributed by atoms with Crippen LogP contribution in [0.4, 0.5) is 0 Å². The van der Waals surface area contributed by atoms with Gasteiger partial charge in [0.2, 0.25) is 0 Å². The van der Waals surface area contributed by atoms with Crippen molar-refractivity contribution in [1.29, 1.82) is 0 Å². The Kier molecular flexibility index (Phi) is 4.56. The molecule has 8 nitrogen and oxygen atoms in total. The molecule has 0 bridgehead atoms. The van der Waals surface area contributed by atoms with Crippen LogP contribution < -0.4 is 4.74 Å². The first kappa shape index (κ1) is 16.6. The van der Waals surface area contributed by atoms with E-state index in [2.05, 4.69) is 0 Å². The molecule has 0 saturated carbocycles. The molecule has 3 N–H and O–H groups in total. The van der Waals surface area contributed by atoms with Crippen molar-refractivity contribution in [3.63, 3.8) is 0 Å². The van der Waals surface area contributed by atoms with Gasteiger partial charge < -0.3 is 34.3 Å². The van der Waals surface area contributed by atoms with Crippen LogP contribution in [0.2, 0.25) is 0 Å². The summed E-state index contributed by atoms with van der Waals surface area (Å²) in [5.74, 6) is -0.922. The van der Waals surface area contributed by atoms with Crippen LogP contribution in [0.25, 0.3) is 0 Å². The number of hydrogen-bond donors (Lipinski definition) is 3. The van der Waals surface area contributed by atoms with E-state index in [1.165, 1.54) is 7.11 Å². The number of aliphatic hydroxyl groups excluding tert-OH is 3. The lowest BCUT2D eigenvalue weighted by Crippen LogP contribution is -2.57. The standard InChI is InChI=1S/C15H20O8/c1-19-9-5-3-8(4-6-9)15(20-2)22-13-12(18)11(17)10(7-16)21-14(13)23-15/h3-6,10-14,16-18H,7H2,1-2H3/t10-,11-,12+,13-,14-,15+/m1/s1. The van der Waals surface area contributed by atoms with Gasteiger partial charge in [0.05, 0.1) is 13.7 Å². The Morgan fingerprint density at radius 2 is 1.78 bits per heavy atom. The largest absolute Gasteiger partial charge is 0.497 e. The van der Waals surface area contributed by atoms with Gasteiger partial charge in [0.15, 0.2) is 6.29 Å². The Hall–Kier alpha value is -1.26. The minimum atomic E-state index is -1.58. The van der Waals surface area contributed by atoms with Gasteiger partial charge in [-0.1, -0.05) is 0 Å². The van der Waals surface area contributed by atoms with Crippen LogP contribution in [0, 0.1) is 0 Å². The Morgan fingerprint density at radius 3 is 2.35 bits per heavy atom. The highest BCUT2D eigenvalue weighted by atomic mass is 16.9. The first-order valence-electron chi connectivity index (χ1n) is 7.22. The van der Waals surface area contributed by atoms with Gasteiger partial charge in [-0.3, -0.25) is 4.74 Å². The maximum atomic E-state index is 10.2. The summed E-state index contributed by atoms with van der Waals surface area (Å²) in [6.45, 7) is -0.451. The summed E-state index contributed by atoms with van der Waals surface area (Å²) in [5, 5.41) is 29.3. The molecule has 2 aliphatic rings. The van der Waals surface area contributed by atoms with Crippen molar-refractivity contribution in [2.24, 2.45) is 0 Å². The molecule has 3 rings (SSSR count). The molecule has 6 atom stereocenters. The van der Waals surface area contributed by atoms with Gasteiger partial charge in [-0.15, -0.1) is 0 Å². The molecule has 1 aromatic carbocycles. The SMILES string of the molecule is COc1ccc([C@@]2(OC)O[C@H]3O[C@H](CO)[C@@H](O)[C@H](O)[C@H]3O2)cc1. The molecular weight excluding hydrogens is 308 g/mol. The molecule has 2 aliphatic heterocycles. The summed E-state index contributed by atoms with van der Waals surface area (Å²) < 4.78 is 27.4. The summed E-state index contributed by atoms with van der Waals surface area (Å²) in [6.07, 6.45) is -5.45. The fraction of sp³-hybridized carbons (Fsp3) is 0.600. The number of ether oxygens (including phenoxy) is 5. The van der Waals surface area contributed by atoms with E-state index in [4.69, 9.17) is 23.7 Å². The van der Waals surface area contributed by atoms with E-state index in [1.807, 2.05) is 0 Å². The average Bonchev–Trinajstić information content (AvgIpc) is 2.98. The van der Waals surface area contributed by atoms with E-state index < -0.39 is 43.3 Å². The van der Waals surface area contributed by atoms with E-state index >= 15 is 0 Å². The van der Waals surface area contributed by atoms with Crippen LogP contribution in [0.15, 0.2) is 24.3 Å². The third-order valence-electron chi connectivity index (χ3n) is 4.10. The van der Waals surface area contributed by atoms with Gasteiger partial charge in [0, 0.05) is 12.7 Å². The van der Waals surface area contributed by atoms with Crippen molar-refractivity contribution in [3.05, 3.63) is 29.8 Å². The Labute approximate surface area is 133 Å². The molecule has 128 valence electrons. The van der Waals surface area contributed by atoms with E-state index in [1.54, 1.807) is 31.4 Å². The highest BCUT2D eigenvalue weighted by molar-refractivity contribution is 5.29. The zero-order valence-electron chi connectivity index (χ0n) is 12.8. The molecule has 2 heterocycles. The molecule has 0 spiro atoms. The Balaban J connectivity index is 1.87. The molecular formula is C15H20O8. The summed E-state index contributed by atoms with van der Waals surface area (Å²) in [4.78, 5) is 0. The molecule has 0 aliphatic carbocycles. The van der Waals surface area contributed by atoms with E-state index in [0.29, 0.717) is 11.3 Å². The summed E-state index contributed by atoms with van der Waals surface area (Å²) >= 11 is 0. The van der Waals surface area contributed by atoms with Crippen LogP contribution in [-0.4, -0.2) is 66.9 Å². The van der Waals surface area contributed by atoms with Crippen molar-refractivity contribution in [1.82, 2.24) is 0 Å². The van der Waals surface area contributed by atoms with Gasteiger partial charge in [-0.2, -0.15) is 0 Å². The Bertz CT molecular complexity index is 535. The number of fused-ring (bicyclic) bond motifs is 1. The fourth-order valence-corrected chi connectivity index (χ4v) is 2.78. The maximum absolute atomic E-state index is 10.2. The summed E-state index contributed by atoms with van der Waals surface area (Å²) in [6, 6.07) is 6.83. The average molecular weight is 328 g/mol. The van der Waals surface area contributed by atoms with Crippen LogP contribution in [0.3, 0.4) is 0 Å². The Morgan fingerprint density at radius 1 is 1.09 bits per heavy atom. The lowest BCUT2D eigenvalue weighted by Gasteiger charge is -2.36. The minimum Gasteiger partial charge on any atom is -0.497 e. The zero-order chi connectivity index (χ0) is 16.6. The van der Waals surface area contributed by atoms with Gasteiger partial charge in [0.1, 0.15) is 30.2 Å². The highest BCUT2D eigenvalue weighted by Crippen LogP contribution is 2.43. The maximum Gasteiger partial charge on any atom is 0.314 e. The molecule has 23 heavy (non-hydrogen) atoms. The third kappa shape index (κ3) is 2.72. The van der Waals surface area contributed by atoms with Crippen molar-refractivity contribution in [2.75, 3.05) is 20.8 Å². The molecule has 0 unspecified atom stereocenters. The molecule has 0 radical (unpaired) electrons. The summed E-state index contributed by atoms with van der Waals surface area (Å²) in [5.41, 5.74) is 0.543. The van der Waals surface area contributed by atoms with Crippen molar-refractivity contribution >= 4 is 0 Å². The number of aliphatic hydroxyl groups is 3. The lowest BCUT2D eigenvalue weighted by molar-refractivity contribution is -0.357. The van der Waals surface area contributed by atoms with Gasteiger partial charge in [-0.05, 0) is 24.3 Å². The van der Waals surface area contributed by atoms with E-state index in [9.17, 15) is 15.3 Å². The van der Waals surface area contributed by atoms with Gasteiger partial charge >= 0.3 is 5.97 Å². The molecule has 1 aromatic rings. The second-order valence-corrected chi connectivity index (χ2v) is 5.40. The molecule has 8 heteroatoms. The van der Waals surface area contributed by atoms with Crippen LogP contribution in [0.5, 0.6) is 5.75 Å². The minimum absolute atomic E-state index is 0.451. The second kappa shape index (κ2) is 6.33. The first-order valence-corrected chi connectivity index (χ1v) is 7.22. The lowest BCUT2D eigenvalue weighted by atomic mass is 9.99. The monoisotopic (exact) mass is 328 g/mol. The van der Waals surface area contributed by atoms with Crippen LogP contribution in [-0.2, 0) is 24.9 Å². The van der Waals surface area contributed by atoms with Crippen LogP contribution >= 0.6 is 0 Å². The molecule has 0 aromatic heterocycles. The number of hydrogen-bond acceptors (Lipinski definition) is 8. The molecule has 2 fully saturated rings. The first-order chi connectivity index (χ1) is 11.0.